The second-order valence-corrected chi connectivity index (χ2v) is 3.45. The molecule has 94 valence electrons. The Morgan fingerprint density at radius 1 is 1.35 bits per heavy atom. The molecular weight excluding hydrogens is 228 g/mol. The van der Waals surface area contributed by atoms with Crippen LogP contribution in [0.2, 0.25) is 0 Å². The summed E-state index contributed by atoms with van der Waals surface area (Å²) in [5.74, 6) is -2.71. The second kappa shape index (κ2) is 5.94. The Morgan fingerprint density at radius 2 is 1.94 bits per heavy atom. The van der Waals surface area contributed by atoms with Gasteiger partial charge in [-0.2, -0.15) is 0 Å². The molecule has 0 spiro atoms. The highest BCUT2D eigenvalue weighted by molar-refractivity contribution is 5.70. The van der Waals surface area contributed by atoms with Crippen molar-refractivity contribution < 1.29 is 19.8 Å². The van der Waals surface area contributed by atoms with Gasteiger partial charge in [-0.15, -0.1) is 5.10 Å². The molecule has 0 unspecified atom stereocenters. The largest absolute Gasteiger partial charge is 0.549 e. The van der Waals surface area contributed by atoms with Gasteiger partial charge in [0.25, 0.3) is 0 Å². The fourth-order valence-electron chi connectivity index (χ4n) is 1.33. The molecule has 0 aliphatic carbocycles. The molecule has 1 aromatic heterocycles. The molecule has 0 N–H and O–H groups in total. The maximum Gasteiger partial charge on any atom is 0.0967 e. The van der Waals surface area contributed by atoms with Crippen molar-refractivity contribution >= 4 is 11.9 Å². The number of carbonyl (C=O) groups excluding carboxylic acids is 2. The van der Waals surface area contributed by atoms with E-state index < -0.39 is 25.0 Å². The van der Waals surface area contributed by atoms with Crippen LogP contribution >= 0.6 is 0 Å². The smallest absolute Gasteiger partial charge is 0.0967 e. The summed E-state index contributed by atoms with van der Waals surface area (Å²) in [5, 5.41) is 28.4. The molecule has 0 saturated carbocycles. The Kier molecular flexibility index (Phi) is 4.58. The van der Waals surface area contributed by atoms with Gasteiger partial charge >= 0.3 is 0 Å². The van der Waals surface area contributed by atoms with Crippen LogP contribution in [0.1, 0.15) is 12.6 Å². The lowest BCUT2D eigenvalue weighted by molar-refractivity contribution is -0.310. The highest BCUT2D eigenvalue weighted by atomic mass is 16.4. The zero-order chi connectivity index (χ0) is 12.8. The molecule has 1 rings (SSSR count). The average Bonchev–Trinajstić information content (AvgIpc) is 2.63. The van der Waals surface area contributed by atoms with E-state index in [1.165, 1.54) is 0 Å². The first-order valence-corrected chi connectivity index (χ1v) is 5.02. The van der Waals surface area contributed by atoms with Crippen molar-refractivity contribution in [1.29, 1.82) is 0 Å². The monoisotopic (exact) mass is 240 g/mol. The Bertz CT molecular complexity index is 387. The van der Waals surface area contributed by atoms with Crippen LogP contribution in [0.5, 0.6) is 0 Å². The van der Waals surface area contributed by atoms with E-state index in [1.807, 2.05) is 6.92 Å². The number of carboxylic acids is 2. The summed E-state index contributed by atoms with van der Waals surface area (Å²) in [7, 11) is 0. The van der Waals surface area contributed by atoms with Crippen LogP contribution in [0.3, 0.4) is 0 Å². The van der Waals surface area contributed by atoms with Crippen LogP contribution in [-0.4, -0.2) is 44.9 Å². The van der Waals surface area contributed by atoms with Crippen molar-refractivity contribution in [3.63, 3.8) is 0 Å². The minimum absolute atomic E-state index is 0.0714. The Balaban J connectivity index is 2.64. The summed E-state index contributed by atoms with van der Waals surface area (Å²) in [6.07, 6.45) is 1.62. The second-order valence-electron chi connectivity index (χ2n) is 3.45. The molecule has 8 heteroatoms. The van der Waals surface area contributed by atoms with Gasteiger partial charge in [-0.1, -0.05) is 5.21 Å². The van der Waals surface area contributed by atoms with E-state index in [2.05, 4.69) is 10.3 Å². The highest BCUT2D eigenvalue weighted by Gasteiger charge is 2.09. The third kappa shape index (κ3) is 4.60. The lowest BCUT2D eigenvalue weighted by atomic mass is 10.4. The van der Waals surface area contributed by atoms with E-state index in [1.54, 1.807) is 10.9 Å². The van der Waals surface area contributed by atoms with Gasteiger partial charge in [0, 0.05) is 32.4 Å². The van der Waals surface area contributed by atoms with Gasteiger partial charge in [0.05, 0.1) is 17.6 Å². The first-order chi connectivity index (χ1) is 8.01. The van der Waals surface area contributed by atoms with Crippen molar-refractivity contribution in [2.24, 2.45) is 0 Å². The van der Waals surface area contributed by atoms with Crippen LogP contribution in [-0.2, 0) is 22.7 Å². The van der Waals surface area contributed by atoms with E-state index >= 15 is 0 Å². The van der Waals surface area contributed by atoms with Crippen molar-refractivity contribution in [1.82, 2.24) is 19.9 Å². The van der Waals surface area contributed by atoms with Gasteiger partial charge in [-0.25, -0.2) is 0 Å². The molecular formula is C9H12N4O4-2. The standard InChI is InChI=1S/C9H14N4O4/c1-2-13-4-7(10-11-13)3-12(5-8(14)15)6-9(16)17/h4H,2-3,5-6H2,1H3,(H,14,15)(H,16,17)/p-2. The summed E-state index contributed by atoms with van der Waals surface area (Å²) >= 11 is 0. The summed E-state index contributed by atoms with van der Waals surface area (Å²) in [6, 6.07) is 0. The molecule has 1 aromatic rings. The van der Waals surface area contributed by atoms with Gasteiger partial charge in [0.15, 0.2) is 0 Å². The van der Waals surface area contributed by atoms with Crippen molar-refractivity contribution in [2.45, 2.75) is 20.0 Å². The van der Waals surface area contributed by atoms with E-state index in [9.17, 15) is 19.8 Å². The number of aromatic nitrogens is 3. The zero-order valence-corrected chi connectivity index (χ0v) is 9.33. The first-order valence-electron chi connectivity index (χ1n) is 5.02. The average molecular weight is 240 g/mol. The van der Waals surface area contributed by atoms with Crippen LogP contribution in [0.4, 0.5) is 0 Å². The predicted octanol–water partition coefficient (Wildman–Crippen LogP) is -3.40. The Labute approximate surface area is 97.5 Å². The minimum Gasteiger partial charge on any atom is -0.549 e. The summed E-state index contributed by atoms with van der Waals surface area (Å²) in [4.78, 5) is 22.0. The molecule has 17 heavy (non-hydrogen) atoms. The lowest BCUT2D eigenvalue weighted by Crippen LogP contribution is -2.43. The van der Waals surface area contributed by atoms with Crippen molar-refractivity contribution in [2.75, 3.05) is 13.1 Å². The summed E-state index contributed by atoms with van der Waals surface area (Å²) in [6.45, 7) is 1.59. The number of rotatable bonds is 7. The quantitative estimate of drug-likeness (QED) is 0.488. The lowest BCUT2D eigenvalue weighted by Gasteiger charge is -2.21. The molecule has 0 saturated heterocycles. The van der Waals surface area contributed by atoms with E-state index in [0.29, 0.717) is 12.2 Å². The number of carboxylic acid groups (broad SMARTS) is 2. The third-order valence-electron chi connectivity index (χ3n) is 2.00. The molecule has 0 fully saturated rings. The van der Waals surface area contributed by atoms with Gasteiger partial charge in [0.2, 0.25) is 0 Å². The number of aryl methyl sites for hydroxylation is 1. The molecule has 0 atom stereocenters. The molecule has 0 aliphatic rings. The highest BCUT2D eigenvalue weighted by Crippen LogP contribution is 1.99. The predicted molar refractivity (Wildman–Crippen MR) is 51.0 cm³/mol. The van der Waals surface area contributed by atoms with Crippen LogP contribution in [0.25, 0.3) is 0 Å². The van der Waals surface area contributed by atoms with Crippen LogP contribution in [0, 0.1) is 0 Å². The van der Waals surface area contributed by atoms with Gasteiger partial charge in [0.1, 0.15) is 0 Å². The SMILES string of the molecule is CCn1cc(CN(CC(=O)[O-])CC(=O)[O-])nn1. The number of nitrogens with zero attached hydrogens (tertiary/aromatic N) is 4. The first kappa shape index (κ1) is 13.1. The van der Waals surface area contributed by atoms with E-state index in [4.69, 9.17) is 0 Å². The maximum absolute atomic E-state index is 10.4. The zero-order valence-electron chi connectivity index (χ0n) is 9.33. The van der Waals surface area contributed by atoms with Gasteiger partial charge in [-0.05, 0) is 6.92 Å². The maximum atomic E-state index is 10.4. The molecule has 0 amide bonds. The van der Waals surface area contributed by atoms with Crippen molar-refractivity contribution in [3.05, 3.63) is 11.9 Å². The van der Waals surface area contributed by atoms with Crippen LogP contribution < -0.4 is 10.2 Å². The van der Waals surface area contributed by atoms with Crippen LogP contribution in [0.15, 0.2) is 6.20 Å². The van der Waals surface area contributed by atoms with Gasteiger partial charge in [-0.3, -0.25) is 9.58 Å². The van der Waals surface area contributed by atoms with E-state index in [-0.39, 0.29) is 6.54 Å². The fourth-order valence-corrected chi connectivity index (χ4v) is 1.33. The molecule has 1 heterocycles. The minimum atomic E-state index is -1.35. The summed E-state index contributed by atoms with van der Waals surface area (Å²) < 4.78 is 1.56. The number of aliphatic carboxylic acids is 2. The Hall–Kier alpha value is -1.96. The topological polar surface area (TPSA) is 114 Å². The molecule has 0 aliphatic heterocycles. The molecule has 8 nitrogen and oxygen atoms in total. The fraction of sp³-hybridized carbons (Fsp3) is 0.556. The van der Waals surface area contributed by atoms with Gasteiger partial charge < -0.3 is 19.8 Å². The summed E-state index contributed by atoms with van der Waals surface area (Å²) in [5.41, 5.74) is 0.495. The Morgan fingerprint density at radius 3 is 2.35 bits per heavy atom. The number of hydrogen-bond acceptors (Lipinski definition) is 7. The van der Waals surface area contributed by atoms with E-state index in [0.717, 1.165) is 4.90 Å². The third-order valence-corrected chi connectivity index (χ3v) is 2.00. The number of carbonyl (C=O) groups is 2. The molecule has 0 aromatic carbocycles. The normalized spacial score (nSPS) is 10.7. The molecule has 0 radical (unpaired) electrons. The van der Waals surface area contributed by atoms with Crippen molar-refractivity contribution in [3.8, 4) is 0 Å². The molecule has 0 bridgehead atoms. The number of hydrogen-bond donors (Lipinski definition) is 0.